The first-order valence-corrected chi connectivity index (χ1v) is 7.04. The van der Waals surface area contributed by atoms with Crippen LogP contribution in [0.3, 0.4) is 0 Å². The first-order valence-electron chi connectivity index (χ1n) is 7.04. The van der Waals surface area contributed by atoms with Gasteiger partial charge in [0.05, 0.1) is 6.20 Å². The molecule has 0 spiro atoms. The van der Waals surface area contributed by atoms with Crippen molar-refractivity contribution in [1.82, 2.24) is 15.0 Å². The van der Waals surface area contributed by atoms with Crippen LogP contribution in [0.4, 0.5) is 11.5 Å². The van der Waals surface area contributed by atoms with E-state index in [1.807, 2.05) is 32.0 Å². The predicted octanol–water partition coefficient (Wildman–Crippen LogP) is 1.88. The van der Waals surface area contributed by atoms with Gasteiger partial charge in [-0.25, -0.2) is 4.68 Å². The Kier molecular flexibility index (Phi) is 4.88. The number of hydrogen-bond donors (Lipinski definition) is 2. The van der Waals surface area contributed by atoms with Crippen molar-refractivity contribution < 1.29 is 9.59 Å². The second-order valence-electron chi connectivity index (χ2n) is 5.13. The van der Waals surface area contributed by atoms with Crippen LogP contribution in [0.5, 0.6) is 0 Å². The summed E-state index contributed by atoms with van der Waals surface area (Å²) in [5.74, 6) is -0.0129. The molecule has 2 rings (SSSR count). The second kappa shape index (κ2) is 6.84. The summed E-state index contributed by atoms with van der Waals surface area (Å²) in [5, 5.41) is 13.0. The summed E-state index contributed by atoms with van der Waals surface area (Å²) >= 11 is 0. The molecule has 0 saturated carbocycles. The van der Waals surface area contributed by atoms with Gasteiger partial charge in [0.1, 0.15) is 6.54 Å². The van der Waals surface area contributed by atoms with E-state index in [2.05, 4.69) is 20.9 Å². The number of carbonyl (C=O) groups excluding carboxylic acids is 2. The SMILES string of the molecule is CCC(=O)Nc1cn(CC(=O)Nc2cc(C)cc(C)c2)nn1. The lowest BCUT2D eigenvalue weighted by Crippen LogP contribution is -2.19. The van der Waals surface area contributed by atoms with Gasteiger partial charge in [-0.15, -0.1) is 5.10 Å². The molecular formula is C15H19N5O2. The highest BCUT2D eigenvalue weighted by Gasteiger charge is 2.08. The Labute approximate surface area is 128 Å². The predicted molar refractivity (Wildman–Crippen MR) is 83.5 cm³/mol. The number of amides is 2. The average Bonchev–Trinajstić information content (AvgIpc) is 2.84. The summed E-state index contributed by atoms with van der Waals surface area (Å²) in [5.41, 5.74) is 2.92. The van der Waals surface area contributed by atoms with Crippen LogP contribution in [0, 0.1) is 13.8 Å². The average molecular weight is 301 g/mol. The zero-order valence-corrected chi connectivity index (χ0v) is 12.9. The molecule has 0 radical (unpaired) electrons. The van der Waals surface area contributed by atoms with E-state index in [4.69, 9.17) is 0 Å². The molecule has 0 bridgehead atoms. The highest BCUT2D eigenvalue weighted by molar-refractivity contribution is 5.91. The monoisotopic (exact) mass is 301 g/mol. The molecule has 1 aromatic heterocycles. The van der Waals surface area contributed by atoms with E-state index in [-0.39, 0.29) is 18.4 Å². The number of anilines is 2. The van der Waals surface area contributed by atoms with Crippen LogP contribution in [-0.2, 0) is 16.1 Å². The Morgan fingerprint density at radius 3 is 2.41 bits per heavy atom. The molecule has 116 valence electrons. The van der Waals surface area contributed by atoms with Crippen molar-refractivity contribution in [2.24, 2.45) is 0 Å². The molecule has 2 amide bonds. The molecule has 0 unspecified atom stereocenters. The van der Waals surface area contributed by atoms with Gasteiger partial charge in [0.15, 0.2) is 5.82 Å². The number of rotatable bonds is 5. The van der Waals surface area contributed by atoms with E-state index < -0.39 is 0 Å². The van der Waals surface area contributed by atoms with Gasteiger partial charge in [-0.3, -0.25) is 9.59 Å². The van der Waals surface area contributed by atoms with E-state index in [0.717, 1.165) is 16.8 Å². The zero-order valence-electron chi connectivity index (χ0n) is 12.9. The summed E-state index contributed by atoms with van der Waals surface area (Å²) in [6.45, 7) is 5.73. The van der Waals surface area contributed by atoms with Crippen molar-refractivity contribution in [2.45, 2.75) is 33.7 Å². The highest BCUT2D eigenvalue weighted by Crippen LogP contribution is 2.13. The Hall–Kier alpha value is -2.70. The van der Waals surface area contributed by atoms with Crippen molar-refractivity contribution >= 4 is 23.3 Å². The zero-order chi connectivity index (χ0) is 16.1. The number of nitrogens with zero attached hydrogens (tertiary/aromatic N) is 3. The molecule has 0 aliphatic heterocycles. The second-order valence-corrected chi connectivity index (χ2v) is 5.13. The molecule has 0 aliphatic carbocycles. The van der Waals surface area contributed by atoms with Crippen LogP contribution < -0.4 is 10.6 Å². The fourth-order valence-electron chi connectivity index (χ4n) is 2.06. The largest absolute Gasteiger partial charge is 0.324 e. The van der Waals surface area contributed by atoms with Crippen molar-refractivity contribution in [2.75, 3.05) is 10.6 Å². The number of aryl methyl sites for hydroxylation is 2. The first-order chi connectivity index (χ1) is 10.5. The van der Waals surface area contributed by atoms with E-state index in [1.165, 1.54) is 10.9 Å². The highest BCUT2D eigenvalue weighted by atomic mass is 16.2. The fourth-order valence-corrected chi connectivity index (χ4v) is 2.06. The van der Waals surface area contributed by atoms with Gasteiger partial charge < -0.3 is 10.6 Å². The smallest absolute Gasteiger partial charge is 0.246 e. The maximum atomic E-state index is 12.0. The molecule has 0 saturated heterocycles. The molecule has 7 nitrogen and oxygen atoms in total. The summed E-state index contributed by atoms with van der Waals surface area (Å²) in [7, 11) is 0. The van der Waals surface area contributed by atoms with Gasteiger partial charge in [-0.05, 0) is 37.1 Å². The molecule has 2 N–H and O–H groups in total. The molecule has 22 heavy (non-hydrogen) atoms. The number of aromatic nitrogens is 3. The Morgan fingerprint density at radius 1 is 1.09 bits per heavy atom. The van der Waals surface area contributed by atoms with Gasteiger partial charge in [0.25, 0.3) is 0 Å². The minimum Gasteiger partial charge on any atom is -0.324 e. The van der Waals surface area contributed by atoms with E-state index >= 15 is 0 Å². The normalized spacial score (nSPS) is 10.3. The molecule has 0 fully saturated rings. The third kappa shape index (κ3) is 4.41. The molecule has 7 heteroatoms. The third-order valence-electron chi connectivity index (χ3n) is 2.94. The van der Waals surface area contributed by atoms with Crippen LogP contribution in [0.15, 0.2) is 24.4 Å². The third-order valence-corrected chi connectivity index (χ3v) is 2.94. The lowest BCUT2D eigenvalue weighted by Gasteiger charge is -2.07. The maximum Gasteiger partial charge on any atom is 0.246 e. The minimum atomic E-state index is -0.205. The standard InChI is InChI=1S/C15H19N5O2/c1-4-14(21)17-13-8-20(19-18-13)9-15(22)16-12-6-10(2)5-11(3)7-12/h5-8H,4,9H2,1-3H3,(H,16,22)(H,17,21). The van der Waals surface area contributed by atoms with Gasteiger partial charge >= 0.3 is 0 Å². The van der Waals surface area contributed by atoms with Gasteiger partial charge in [-0.2, -0.15) is 0 Å². The van der Waals surface area contributed by atoms with Gasteiger partial charge in [0.2, 0.25) is 11.8 Å². The quantitative estimate of drug-likeness (QED) is 0.882. The van der Waals surface area contributed by atoms with Gasteiger partial charge in [0, 0.05) is 12.1 Å². The minimum absolute atomic E-state index is 0.0297. The summed E-state index contributed by atoms with van der Waals surface area (Å²) in [6.07, 6.45) is 1.88. The van der Waals surface area contributed by atoms with E-state index in [0.29, 0.717) is 12.2 Å². The number of hydrogen-bond acceptors (Lipinski definition) is 4. The number of benzene rings is 1. The van der Waals surface area contributed by atoms with Crippen molar-refractivity contribution in [1.29, 1.82) is 0 Å². The van der Waals surface area contributed by atoms with Crippen LogP contribution in [0.25, 0.3) is 0 Å². The summed E-state index contributed by atoms with van der Waals surface area (Å²) < 4.78 is 1.38. The summed E-state index contributed by atoms with van der Waals surface area (Å²) in [4.78, 5) is 23.3. The van der Waals surface area contributed by atoms with Crippen LogP contribution in [0.1, 0.15) is 24.5 Å². The Bertz CT molecular complexity index is 673. The van der Waals surface area contributed by atoms with Crippen LogP contribution >= 0.6 is 0 Å². The first kappa shape index (κ1) is 15.7. The van der Waals surface area contributed by atoms with Crippen LogP contribution in [-0.4, -0.2) is 26.8 Å². The van der Waals surface area contributed by atoms with Gasteiger partial charge in [-0.1, -0.05) is 18.2 Å². The molecule has 0 aliphatic rings. The van der Waals surface area contributed by atoms with Crippen LogP contribution in [0.2, 0.25) is 0 Å². The lowest BCUT2D eigenvalue weighted by atomic mass is 10.1. The molecular weight excluding hydrogens is 282 g/mol. The molecule has 0 atom stereocenters. The van der Waals surface area contributed by atoms with E-state index in [9.17, 15) is 9.59 Å². The fraction of sp³-hybridized carbons (Fsp3) is 0.333. The Morgan fingerprint density at radius 2 is 1.77 bits per heavy atom. The number of carbonyl (C=O) groups is 2. The summed E-state index contributed by atoms with van der Waals surface area (Å²) in [6, 6.07) is 5.84. The Balaban J connectivity index is 1.96. The van der Waals surface area contributed by atoms with Crippen molar-refractivity contribution in [3.8, 4) is 0 Å². The van der Waals surface area contributed by atoms with Crippen molar-refractivity contribution in [3.63, 3.8) is 0 Å². The topological polar surface area (TPSA) is 88.9 Å². The lowest BCUT2D eigenvalue weighted by molar-refractivity contribution is -0.117. The maximum absolute atomic E-state index is 12.0. The molecule has 1 aromatic carbocycles. The van der Waals surface area contributed by atoms with E-state index in [1.54, 1.807) is 6.92 Å². The van der Waals surface area contributed by atoms with Crippen molar-refractivity contribution in [3.05, 3.63) is 35.5 Å². The number of nitrogens with one attached hydrogen (secondary N) is 2. The molecule has 2 aromatic rings. The molecule has 1 heterocycles.